The summed E-state index contributed by atoms with van der Waals surface area (Å²) in [6.07, 6.45) is 9.84. The molecular weight excluding hydrogens is 212 g/mol. The summed E-state index contributed by atoms with van der Waals surface area (Å²) in [5, 5.41) is 3.60. The Bertz CT molecular complexity index is 224. The summed E-state index contributed by atoms with van der Waals surface area (Å²) >= 11 is 0. The second-order valence-corrected chi connectivity index (χ2v) is 5.16. The van der Waals surface area contributed by atoms with Crippen LogP contribution in [0.4, 0.5) is 0 Å². The molecule has 0 amide bonds. The van der Waals surface area contributed by atoms with Crippen LogP contribution in [0.2, 0.25) is 0 Å². The van der Waals surface area contributed by atoms with Crippen molar-refractivity contribution in [3.8, 4) is 0 Å². The molecule has 1 fully saturated rings. The third-order valence-electron chi connectivity index (χ3n) is 3.74. The lowest BCUT2D eigenvalue weighted by molar-refractivity contribution is 0.0374. The summed E-state index contributed by atoms with van der Waals surface area (Å²) < 4.78 is 5.34. The Hall–Kier alpha value is -0.380. The molecule has 1 heterocycles. The van der Waals surface area contributed by atoms with Gasteiger partial charge in [0.25, 0.3) is 0 Å². The first-order valence-electron chi connectivity index (χ1n) is 7.11. The lowest BCUT2D eigenvalue weighted by atomic mass is 9.94. The molecule has 0 aromatic rings. The summed E-state index contributed by atoms with van der Waals surface area (Å²) in [5.41, 5.74) is 0. The van der Waals surface area contributed by atoms with Gasteiger partial charge in [-0.15, -0.1) is 0 Å². The summed E-state index contributed by atoms with van der Waals surface area (Å²) in [6.45, 7) is 7.66. The van der Waals surface area contributed by atoms with E-state index in [-0.39, 0.29) is 0 Å². The molecule has 0 aromatic heterocycles. The first-order valence-corrected chi connectivity index (χ1v) is 7.11. The molecule has 1 aliphatic carbocycles. The molecule has 3 heteroatoms. The number of ether oxygens (including phenoxy) is 1. The first kappa shape index (κ1) is 13.1. The summed E-state index contributed by atoms with van der Waals surface area (Å²) in [4.78, 5) is 2.51. The minimum absolute atomic E-state index is 0.878. The molecule has 0 aromatic carbocycles. The van der Waals surface area contributed by atoms with Crippen LogP contribution in [0.25, 0.3) is 0 Å². The molecule has 2 aliphatic rings. The van der Waals surface area contributed by atoms with Crippen molar-refractivity contribution in [2.24, 2.45) is 5.92 Å². The minimum atomic E-state index is 0.878. The zero-order chi connectivity index (χ0) is 11.8. The van der Waals surface area contributed by atoms with E-state index in [1.807, 2.05) is 0 Å². The molecule has 1 aliphatic heterocycles. The van der Waals surface area contributed by atoms with Crippen LogP contribution in [-0.2, 0) is 4.74 Å². The highest BCUT2D eigenvalue weighted by molar-refractivity contribution is 4.90. The van der Waals surface area contributed by atoms with E-state index in [1.54, 1.807) is 0 Å². The highest BCUT2D eigenvalue weighted by Gasteiger charge is 2.10. The van der Waals surface area contributed by atoms with Gasteiger partial charge in [0.15, 0.2) is 0 Å². The molecule has 1 N–H and O–H groups in total. The highest BCUT2D eigenvalue weighted by Crippen LogP contribution is 2.16. The van der Waals surface area contributed by atoms with Gasteiger partial charge < -0.3 is 10.1 Å². The molecule has 98 valence electrons. The zero-order valence-electron chi connectivity index (χ0n) is 10.9. The minimum Gasteiger partial charge on any atom is -0.379 e. The predicted molar refractivity (Wildman–Crippen MR) is 71.2 cm³/mol. The first-order chi connectivity index (χ1) is 8.45. The predicted octanol–water partition coefficient (Wildman–Crippen LogP) is 1.65. The van der Waals surface area contributed by atoms with Gasteiger partial charge in [-0.2, -0.15) is 0 Å². The van der Waals surface area contributed by atoms with E-state index < -0.39 is 0 Å². The lowest BCUT2D eigenvalue weighted by Crippen LogP contribution is -2.38. The largest absolute Gasteiger partial charge is 0.379 e. The van der Waals surface area contributed by atoms with Crippen molar-refractivity contribution in [2.45, 2.75) is 25.7 Å². The fourth-order valence-corrected chi connectivity index (χ4v) is 2.60. The molecule has 3 nitrogen and oxygen atoms in total. The Kier molecular flexibility index (Phi) is 6.03. The van der Waals surface area contributed by atoms with Crippen molar-refractivity contribution < 1.29 is 4.74 Å². The highest BCUT2D eigenvalue weighted by atomic mass is 16.5. The Morgan fingerprint density at radius 2 is 2.12 bits per heavy atom. The van der Waals surface area contributed by atoms with E-state index in [4.69, 9.17) is 4.74 Å². The molecule has 1 saturated heterocycles. The Labute approximate surface area is 105 Å². The number of hydrogen-bond acceptors (Lipinski definition) is 3. The van der Waals surface area contributed by atoms with Gasteiger partial charge in [0.05, 0.1) is 13.2 Å². The lowest BCUT2D eigenvalue weighted by Gasteiger charge is -2.26. The van der Waals surface area contributed by atoms with Crippen LogP contribution in [0.5, 0.6) is 0 Å². The normalized spacial score (nSPS) is 26.2. The van der Waals surface area contributed by atoms with Gasteiger partial charge in [-0.1, -0.05) is 12.2 Å². The number of nitrogens with one attached hydrogen (secondary N) is 1. The number of allylic oxidation sites excluding steroid dienone is 2. The van der Waals surface area contributed by atoms with E-state index in [2.05, 4.69) is 22.4 Å². The molecule has 1 unspecified atom stereocenters. The SMILES string of the molecule is C1=CCC(CNCCCN2CCOCC2)CC1. The van der Waals surface area contributed by atoms with Gasteiger partial charge in [-0.3, -0.25) is 4.90 Å². The van der Waals surface area contributed by atoms with Gasteiger partial charge in [0, 0.05) is 13.1 Å². The second kappa shape index (κ2) is 7.85. The van der Waals surface area contributed by atoms with Crippen molar-refractivity contribution in [3.05, 3.63) is 12.2 Å². The van der Waals surface area contributed by atoms with Crippen LogP contribution >= 0.6 is 0 Å². The van der Waals surface area contributed by atoms with E-state index >= 15 is 0 Å². The molecule has 0 radical (unpaired) electrons. The average molecular weight is 238 g/mol. The smallest absolute Gasteiger partial charge is 0.0594 e. The molecular formula is C14H26N2O. The molecule has 2 rings (SSSR count). The molecule has 0 bridgehead atoms. The van der Waals surface area contributed by atoms with Crippen LogP contribution in [0, 0.1) is 5.92 Å². The third kappa shape index (κ3) is 5.19. The summed E-state index contributed by atoms with van der Waals surface area (Å²) in [5.74, 6) is 0.878. The molecule has 0 spiro atoms. The van der Waals surface area contributed by atoms with Crippen molar-refractivity contribution >= 4 is 0 Å². The topological polar surface area (TPSA) is 24.5 Å². The Balaban J connectivity index is 1.44. The van der Waals surface area contributed by atoms with Gasteiger partial charge in [0.1, 0.15) is 0 Å². The number of rotatable bonds is 6. The molecule has 17 heavy (non-hydrogen) atoms. The monoisotopic (exact) mass is 238 g/mol. The van der Waals surface area contributed by atoms with Crippen LogP contribution in [0.1, 0.15) is 25.7 Å². The maximum atomic E-state index is 5.34. The van der Waals surface area contributed by atoms with E-state index in [0.29, 0.717) is 0 Å². The third-order valence-corrected chi connectivity index (χ3v) is 3.74. The molecule has 1 atom stereocenters. The van der Waals surface area contributed by atoms with Crippen molar-refractivity contribution in [2.75, 3.05) is 45.9 Å². The standard InChI is InChI=1S/C14H26N2O/c1-2-5-14(6-3-1)13-15-7-4-8-16-9-11-17-12-10-16/h1-2,14-15H,3-13H2. The van der Waals surface area contributed by atoms with Crippen LogP contribution in [-0.4, -0.2) is 50.8 Å². The van der Waals surface area contributed by atoms with E-state index in [0.717, 1.165) is 38.8 Å². The van der Waals surface area contributed by atoms with Gasteiger partial charge in [-0.05, 0) is 51.2 Å². The van der Waals surface area contributed by atoms with Crippen molar-refractivity contribution in [1.29, 1.82) is 0 Å². The van der Waals surface area contributed by atoms with Crippen LogP contribution in [0.15, 0.2) is 12.2 Å². The quantitative estimate of drug-likeness (QED) is 0.562. The summed E-state index contributed by atoms with van der Waals surface area (Å²) in [7, 11) is 0. The number of hydrogen-bond donors (Lipinski definition) is 1. The molecule has 0 saturated carbocycles. The van der Waals surface area contributed by atoms with E-state index in [1.165, 1.54) is 38.8 Å². The zero-order valence-corrected chi connectivity index (χ0v) is 10.9. The maximum Gasteiger partial charge on any atom is 0.0594 e. The Morgan fingerprint density at radius 1 is 1.24 bits per heavy atom. The number of morpholine rings is 1. The van der Waals surface area contributed by atoms with Crippen molar-refractivity contribution in [3.63, 3.8) is 0 Å². The van der Waals surface area contributed by atoms with Gasteiger partial charge in [0.2, 0.25) is 0 Å². The maximum absolute atomic E-state index is 5.34. The fourth-order valence-electron chi connectivity index (χ4n) is 2.60. The summed E-state index contributed by atoms with van der Waals surface area (Å²) in [6, 6.07) is 0. The van der Waals surface area contributed by atoms with Gasteiger partial charge >= 0.3 is 0 Å². The average Bonchev–Trinajstić information content (AvgIpc) is 2.41. The van der Waals surface area contributed by atoms with Gasteiger partial charge in [-0.25, -0.2) is 0 Å². The van der Waals surface area contributed by atoms with E-state index in [9.17, 15) is 0 Å². The fraction of sp³-hybridized carbons (Fsp3) is 0.857. The van der Waals surface area contributed by atoms with Crippen LogP contribution < -0.4 is 5.32 Å². The Morgan fingerprint density at radius 3 is 2.88 bits per heavy atom. The van der Waals surface area contributed by atoms with Crippen molar-refractivity contribution in [1.82, 2.24) is 10.2 Å². The van der Waals surface area contributed by atoms with Crippen LogP contribution in [0.3, 0.4) is 0 Å². The second-order valence-electron chi connectivity index (χ2n) is 5.16. The number of nitrogens with zero attached hydrogens (tertiary/aromatic N) is 1.